The standard InChI is InChI=1S/C28H37F3N2O6S/c1-18-12-27(33(40(3,35)36)16-19-4-8-23(37-2)9-5-19)26(32-18)17-38-24-10-6-20(7-11-24)21-13-22(34)15-25(14-21)39-28(29,30)31/h4-5,8-9,13-15,18,20,24,26-27,32,34H,6-7,10-12,16-17H2,1-3H3/t18-,20?,24?,26+,27+/m1/s1. The lowest BCUT2D eigenvalue weighted by Gasteiger charge is -2.33. The van der Waals surface area contributed by atoms with Gasteiger partial charge < -0.3 is 24.6 Å². The molecule has 0 spiro atoms. The molecule has 8 nitrogen and oxygen atoms in total. The van der Waals surface area contributed by atoms with Gasteiger partial charge in [-0.2, -0.15) is 4.31 Å². The predicted octanol–water partition coefficient (Wildman–Crippen LogP) is 4.92. The Labute approximate surface area is 233 Å². The van der Waals surface area contributed by atoms with Crippen LogP contribution in [0.5, 0.6) is 17.2 Å². The number of halogens is 3. The molecule has 2 aliphatic rings. The zero-order valence-corrected chi connectivity index (χ0v) is 23.7. The third-order valence-corrected chi connectivity index (χ3v) is 8.91. The van der Waals surface area contributed by atoms with Gasteiger partial charge in [0.05, 0.1) is 26.1 Å². The highest BCUT2D eigenvalue weighted by Crippen LogP contribution is 2.38. The summed E-state index contributed by atoms with van der Waals surface area (Å²) in [7, 11) is -1.93. The summed E-state index contributed by atoms with van der Waals surface area (Å²) in [6.45, 7) is 2.61. The highest BCUT2D eigenvalue weighted by molar-refractivity contribution is 7.88. The van der Waals surface area contributed by atoms with Gasteiger partial charge in [-0.25, -0.2) is 8.42 Å². The number of benzene rings is 2. The number of alkyl halides is 3. The van der Waals surface area contributed by atoms with Gasteiger partial charge in [0.25, 0.3) is 0 Å². The molecule has 2 aromatic carbocycles. The van der Waals surface area contributed by atoms with E-state index in [1.165, 1.54) is 18.4 Å². The third-order valence-electron chi connectivity index (χ3n) is 7.66. The molecule has 1 aliphatic heterocycles. The van der Waals surface area contributed by atoms with Gasteiger partial charge in [0.15, 0.2) is 0 Å². The Morgan fingerprint density at radius 1 is 1.05 bits per heavy atom. The molecule has 2 aromatic rings. The Hall–Kier alpha value is -2.54. The van der Waals surface area contributed by atoms with E-state index >= 15 is 0 Å². The van der Waals surface area contributed by atoms with Crippen molar-refractivity contribution in [2.45, 2.75) is 82.1 Å². The summed E-state index contributed by atoms with van der Waals surface area (Å²) >= 11 is 0. The number of hydrogen-bond acceptors (Lipinski definition) is 7. The molecule has 40 heavy (non-hydrogen) atoms. The van der Waals surface area contributed by atoms with Crippen LogP contribution in [0.15, 0.2) is 42.5 Å². The van der Waals surface area contributed by atoms with E-state index in [0.717, 1.165) is 11.6 Å². The van der Waals surface area contributed by atoms with Gasteiger partial charge in [-0.1, -0.05) is 12.1 Å². The summed E-state index contributed by atoms with van der Waals surface area (Å²) < 4.78 is 80.6. The fourth-order valence-electron chi connectivity index (χ4n) is 5.78. The first-order valence-electron chi connectivity index (χ1n) is 13.4. The van der Waals surface area contributed by atoms with Crippen molar-refractivity contribution >= 4 is 10.0 Å². The topological polar surface area (TPSA) is 97.3 Å². The van der Waals surface area contributed by atoms with Crippen LogP contribution < -0.4 is 14.8 Å². The number of methoxy groups -OCH3 is 1. The largest absolute Gasteiger partial charge is 0.573 e. The minimum atomic E-state index is -4.83. The molecule has 1 saturated carbocycles. The molecule has 0 radical (unpaired) electrons. The lowest BCUT2D eigenvalue weighted by atomic mass is 9.82. The van der Waals surface area contributed by atoms with E-state index in [-0.39, 0.29) is 42.4 Å². The Morgan fingerprint density at radius 2 is 1.73 bits per heavy atom. The lowest BCUT2D eigenvalue weighted by molar-refractivity contribution is -0.274. The van der Waals surface area contributed by atoms with Gasteiger partial charge in [-0.05, 0) is 80.3 Å². The van der Waals surface area contributed by atoms with Gasteiger partial charge >= 0.3 is 6.36 Å². The maximum Gasteiger partial charge on any atom is 0.573 e. The molecule has 2 fully saturated rings. The van der Waals surface area contributed by atoms with Crippen LogP contribution >= 0.6 is 0 Å². The molecule has 1 saturated heterocycles. The molecule has 222 valence electrons. The summed E-state index contributed by atoms with van der Waals surface area (Å²) in [6.07, 6.45) is -0.230. The second kappa shape index (κ2) is 12.5. The van der Waals surface area contributed by atoms with Gasteiger partial charge in [0.1, 0.15) is 17.2 Å². The average molecular weight is 587 g/mol. The lowest BCUT2D eigenvalue weighted by Crippen LogP contribution is -2.48. The molecule has 4 rings (SSSR count). The molecule has 12 heteroatoms. The molecule has 2 N–H and O–H groups in total. The Bertz CT molecular complexity index is 1230. The summed E-state index contributed by atoms with van der Waals surface area (Å²) in [4.78, 5) is 0. The Morgan fingerprint density at radius 3 is 2.33 bits per heavy atom. The van der Waals surface area contributed by atoms with Crippen molar-refractivity contribution in [1.29, 1.82) is 0 Å². The van der Waals surface area contributed by atoms with Crippen molar-refractivity contribution in [1.82, 2.24) is 9.62 Å². The highest BCUT2D eigenvalue weighted by Gasteiger charge is 2.40. The zero-order valence-electron chi connectivity index (χ0n) is 22.9. The first-order valence-corrected chi connectivity index (χ1v) is 15.2. The van der Waals surface area contributed by atoms with E-state index < -0.39 is 22.1 Å². The predicted molar refractivity (Wildman–Crippen MR) is 144 cm³/mol. The number of nitrogens with one attached hydrogen (secondary N) is 1. The van der Waals surface area contributed by atoms with Crippen molar-refractivity contribution in [3.63, 3.8) is 0 Å². The van der Waals surface area contributed by atoms with Crippen LogP contribution in [-0.2, 0) is 21.3 Å². The first-order chi connectivity index (χ1) is 18.8. The van der Waals surface area contributed by atoms with Crippen molar-refractivity contribution in [3.05, 3.63) is 53.6 Å². The number of phenolic OH excluding ortho intramolecular Hbond substituents is 1. The number of hydrogen-bond donors (Lipinski definition) is 2. The van der Waals surface area contributed by atoms with Crippen LogP contribution in [0.2, 0.25) is 0 Å². The molecular formula is C28H37F3N2O6S. The molecule has 0 unspecified atom stereocenters. The Kier molecular flexibility index (Phi) is 9.54. The number of sulfonamides is 1. The monoisotopic (exact) mass is 586 g/mol. The fourth-order valence-corrected chi connectivity index (χ4v) is 6.88. The summed E-state index contributed by atoms with van der Waals surface area (Å²) in [6, 6.07) is 10.8. The second-order valence-electron chi connectivity index (χ2n) is 10.7. The molecular weight excluding hydrogens is 549 g/mol. The van der Waals surface area contributed by atoms with Crippen LogP contribution in [0.25, 0.3) is 0 Å². The van der Waals surface area contributed by atoms with E-state index in [1.807, 2.05) is 31.2 Å². The smallest absolute Gasteiger partial charge is 0.508 e. The van der Waals surface area contributed by atoms with Crippen LogP contribution in [0.1, 0.15) is 56.1 Å². The molecule has 0 aromatic heterocycles. The van der Waals surface area contributed by atoms with Crippen LogP contribution in [0, 0.1) is 0 Å². The maximum atomic E-state index is 12.8. The van der Waals surface area contributed by atoms with E-state index in [9.17, 15) is 26.7 Å². The molecule has 1 aliphatic carbocycles. The van der Waals surface area contributed by atoms with Gasteiger partial charge in [-0.3, -0.25) is 0 Å². The zero-order chi connectivity index (χ0) is 29.1. The summed E-state index contributed by atoms with van der Waals surface area (Å²) in [5.74, 6) is -0.0258. The number of phenols is 1. The fraction of sp³-hybridized carbons (Fsp3) is 0.571. The molecule has 0 amide bonds. The molecule has 1 heterocycles. The SMILES string of the molecule is COc1ccc(CN([C@H]2C[C@@H](C)N[C@H]2COC2CCC(c3cc(O)cc(OC(F)(F)F)c3)CC2)S(C)(=O)=O)cc1. The van der Waals surface area contributed by atoms with Crippen LogP contribution in [0.4, 0.5) is 13.2 Å². The van der Waals surface area contributed by atoms with Crippen molar-refractivity contribution in [2.24, 2.45) is 0 Å². The normalized spacial score (nSPS) is 25.7. The maximum absolute atomic E-state index is 12.8. The summed E-state index contributed by atoms with van der Waals surface area (Å²) in [5, 5.41) is 13.4. The number of ether oxygens (including phenoxy) is 3. The molecule has 3 atom stereocenters. The molecule has 0 bridgehead atoms. The van der Waals surface area contributed by atoms with E-state index in [0.29, 0.717) is 50.0 Å². The summed E-state index contributed by atoms with van der Waals surface area (Å²) in [5.41, 5.74) is 1.46. The minimum absolute atomic E-state index is 0.0230. The second-order valence-corrected chi connectivity index (χ2v) is 12.7. The van der Waals surface area contributed by atoms with Crippen LogP contribution in [0.3, 0.4) is 0 Å². The Balaban J connectivity index is 1.36. The van der Waals surface area contributed by atoms with E-state index in [2.05, 4.69) is 10.1 Å². The third kappa shape index (κ3) is 8.25. The van der Waals surface area contributed by atoms with Gasteiger partial charge in [0, 0.05) is 30.7 Å². The van der Waals surface area contributed by atoms with Crippen molar-refractivity contribution < 1.29 is 40.9 Å². The van der Waals surface area contributed by atoms with Crippen molar-refractivity contribution in [3.8, 4) is 17.2 Å². The van der Waals surface area contributed by atoms with Crippen LogP contribution in [-0.4, -0.2) is 68.4 Å². The van der Waals surface area contributed by atoms with E-state index in [4.69, 9.17) is 9.47 Å². The quantitative estimate of drug-likeness (QED) is 0.408. The number of nitrogens with zero attached hydrogens (tertiary/aromatic N) is 1. The highest BCUT2D eigenvalue weighted by atomic mass is 32.2. The van der Waals surface area contributed by atoms with E-state index in [1.54, 1.807) is 11.4 Å². The average Bonchev–Trinajstić information content (AvgIpc) is 3.24. The van der Waals surface area contributed by atoms with Crippen molar-refractivity contribution in [2.75, 3.05) is 20.0 Å². The number of aromatic hydroxyl groups is 1. The number of rotatable bonds is 10. The van der Waals surface area contributed by atoms with Gasteiger partial charge in [-0.15, -0.1) is 13.2 Å². The van der Waals surface area contributed by atoms with Gasteiger partial charge in [0.2, 0.25) is 10.0 Å². The minimum Gasteiger partial charge on any atom is -0.508 e. The first kappa shape index (κ1) is 30.4.